The molecule has 4 atom stereocenters. The van der Waals surface area contributed by atoms with Gasteiger partial charge in [0.1, 0.15) is 17.5 Å². The summed E-state index contributed by atoms with van der Waals surface area (Å²) in [5, 5.41) is 9.03. The molecule has 3 unspecified atom stereocenters. The summed E-state index contributed by atoms with van der Waals surface area (Å²) in [6.45, 7) is 6.29. The Morgan fingerprint density at radius 1 is 1.12 bits per heavy atom. The van der Waals surface area contributed by atoms with Crippen molar-refractivity contribution >= 4 is 40.5 Å². The number of ether oxygens (including phenoxy) is 2. The fourth-order valence-corrected chi connectivity index (χ4v) is 5.59. The van der Waals surface area contributed by atoms with Gasteiger partial charge in [0, 0.05) is 36.0 Å². The van der Waals surface area contributed by atoms with Crippen LogP contribution in [-0.2, 0) is 19.1 Å². The Labute approximate surface area is 245 Å². The van der Waals surface area contributed by atoms with Gasteiger partial charge in [0.25, 0.3) is 5.91 Å². The summed E-state index contributed by atoms with van der Waals surface area (Å²) in [4.78, 5) is 69.5. The first kappa shape index (κ1) is 30.9. The standard InChI is InChI=1S/C30H41N5O7/c1-17(2)13-23(34-29(39)24-15-20-21(32-24)8-5-9-26(20)41-4)28(38)33-22(14-19-10-11-31-27(19)37)25(36)16-42-30(40)35-12-6-7-18(35)3/h5,8-9,15,17-19,22-23,32H,6-7,10-14,16H2,1-4H3,(H,31,37)(H,33,38)(H,34,39)/t18?,19-,22?,23?/m0/s1. The van der Waals surface area contributed by atoms with E-state index in [1.807, 2.05) is 26.8 Å². The number of aromatic amines is 1. The van der Waals surface area contributed by atoms with E-state index < -0.39 is 48.3 Å². The number of rotatable bonds is 12. The quantitative estimate of drug-likeness (QED) is 0.299. The molecule has 2 aliphatic rings. The zero-order valence-corrected chi connectivity index (χ0v) is 24.7. The van der Waals surface area contributed by atoms with Gasteiger partial charge in [0.05, 0.1) is 13.2 Å². The predicted octanol–water partition coefficient (Wildman–Crippen LogP) is 2.52. The Hall–Kier alpha value is -4.09. The largest absolute Gasteiger partial charge is 0.496 e. The fourth-order valence-electron chi connectivity index (χ4n) is 5.59. The Morgan fingerprint density at radius 3 is 2.55 bits per heavy atom. The summed E-state index contributed by atoms with van der Waals surface area (Å²) in [6.07, 6.45) is 2.07. The third-order valence-electron chi connectivity index (χ3n) is 7.93. The zero-order chi connectivity index (χ0) is 30.4. The van der Waals surface area contributed by atoms with Crippen LogP contribution in [0.5, 0.6) is 5.75 Å². The number of benzene rings is 1. The lowest BCUT2D eigenvalue weighted by atomic mass is 9.95. The number of likely N-dealkylation sites (tertiary alicyclic amines) is 1. The number of Topliss-reactive ketones (excluding diaryl/α,β-unsaturated/α-hetero) is 1. The number of fused-ring (bicyclic) bond motifs is 1. The minimum Gasteiger partial charge on any atom is -0.496 e. The van der Waals surface area contributed by atoms with Crippen molar-refractivity contribution in [3.63, 3.8) is 0 Å². The lowest BCUT2D eigenvalue weighted by Crippen LogP contribution is -2.53. The molecule has 2 aliphatic heterocycles. The van der Waals surface area contributed by atoms with Gasteiger partial charge in [-0.3, -0.25) is 19.2 Å². The molecule has 0 radical (unpaired) electrons. The van der Waals surface area contributed by atoms with E-state index in [-0.39, 0.29) is 30.0 Å². The van der Waals surface area contributed by atoms with Gasteiger partial charge in [-0.15, -0.1) is 0 Å². The summed E-state index contributed by atoms with van der Waals surface area (Å²) in [6, 6.07) is 5.08. The molecule has 42 heavy (non-hydrogen) atoms. The van der Waals surface area contributed by atoms with Crippen LogP contribution >= 0.6 is 0 Å². The Bertz CT molecular complexity index is 1320. The molecule has 0 spiro atoms. The Morgan fingerprint density at radius 2 is 1.90 bits per heavy atom. The molecule has 2 fully saturated rings. The molecule has 4 rings (SSSR count). The van der Waals surface area contributed by atoms with Crippen molar-refractivity contribution in [2.75, 3.05) is 26.8 Å². The molecule has 228 valence electrons. The lowest BCUT2D eigenvalue weighted by molar-refractivity contribution is -0.132. The van der Waals surface area contributed by atoms with Gasteiger partial charge in [-0.05, 0) is 63.1 Å². The maximum atomic E-state index is 13.6. The number of hydrogen-bond donors (Lipinski definition) is 4. The van der Waals surface area contributed by atoms with Crippen molar-refractivity contribution in [1.82, 2.24) is 25.8 Å². The molecule has 3 heterocycles. The molecule has 0 saturated carbocycles. The van der Waals surface area contributed by atoms with Gasteiger partial charge in [-0.25, -0.2) is 4.79 Å². The lowest BCUT2D eigenvalue weighted by Gasteiger charge is -2.25. The minimum atomic E-state index is -1.07. The SMILES string of the molecule is COc1cccc2[nH]c(C(=O)NC(CC(C)C)C(=O)NC(C[C@@H]3CCNC3=O)C(=O)COC(=O)N3CCCC3C)cc12. The molecular weight excluding hydrogens is 542 g/mol. The van der Waals surface area contributed by atoms with Crippen LogP contribution in [0.2, 0.25) is 0 Å². The van der Waals surface area contributed by atoms with Crippen LogP contribution in [-0.4, -0.2) is 84.4 Å². The van der Waals surface area contributed by atoms with Crippen molar-refractivity contribution in [2.45, 2.75) is 71.0 Å². The molecule has 1 aromatic carbocycles. The zero-order valence-electron chi connectivity index (χ0n) is 24.7. The minimum absolute atomic E-state index is 0.0315. The summed E-state index contributed by atoms with van der Waals surface area (Å²) in [7, 11) is 1.55. The summed E-state index contributed by atoms with van der Waals surface area (Å²) >= 11 is 0. The van der Waals surface area contributed by atoms with Crippen molar-refractivity contribution in [1.29, 1.82) is 0 Å². The number of aromatic nitrogens is 1. The van der Waals surface area contributed by atoms with Crippen molar-refractivity contribution in [3.05, 3.63) is 30.0 Å². The Balaban J connectivity index is 1.47. The molecule has 2 saturated heterocycles. The number of methoxy groups -OCH3 is 1. The number of nitrogens with zero attached hydrogens (tertiary/aromatic N) is 1. The van der Waals surface area contributed by atoms with E-state index in [2.05, 4.69) is 20.9 Å². The molecule has 1 aromatic heterocycles. The Kier molecular flexibility index (Phi) is 10.1. The molecule has 4 N–H and O–H groups in total. The molecule has 0 aliphatic carbocycles. The fraction of sp³-hybridized carbons (Fsp3) is 0.567. The van der Waals surface area contributed by atoms with Crippen LogP contribution in [0.25, 0.3) is 10.9 Å². The number of H-pyrrole nitrogens is 1. The van der Waals surface area contributed by atoms with E-state index in [0.29, 0.717) is 37.2 Å². The highest BCUT2D eigenvalue weighted by Gasteiger charge is 2.34. The number of carbonyl (C=O) groups is 5. The number of nitrogens with one attached hydrogen (secondary N) is 4. The summed E-state index contributed by atoms with van der Waals surface area (Å²) in [5.41, 5.74) is 0.970. The second-order valence-corrected chi connectivity index (χ2v) is 11.5. The summed E-state index contributed by atoms with van der Waals surface area (Å²) < 4.78 is 10.7. The van der Waals surface area contributed by atoms with Crippen LogP contribution in [0, 0.1) is 11.8 Å². The van der Waals surface area contributed by atoms with E-state index in [1.54, 1.807) is 30.2 Å². The van der Waals surface area contributed by atoms with Crippen LogP contribution in [0.1, 0.15) is 63.4 Å². The maximum absolute atomic E-state index is 13.6. The predicted molar refractivity (Wildman–Crippen MR) is 155 cm³/mol. The van der Waals surface area contributed by atoms with Gasteiger partial charge < -0.3 is 35.3 Å². The highest BCUT2D eigenvalue weighted by atomic mass is 16.6. The average Bonchev–Trinajstić information content (AvgIpc) is 3.70. The maximum Gasteiger partial charge on any atom is 0.410 e. The van der Waals surface area contributed by atoms with Gasteiger partial charge in [0.15, 0.2) is 12.4 Å². The highest BCUT2D eigenvalue weighted by molar-refractivity contribution is 6.02. The van der Waals surface area contributed by atoms with Crippen LogP contribution in [0.4, 0.5) is 4.79 Å². The van der Waals surface area contributed by atoms with Crippen molar-refractivity contribution < 1.29 is 33.4 Å². The average molecular weight is 584 g/mol. The van der Waals surface area contributed by atoms with Gasteiger partial charge in [0.2, 0.25) is 11.8 Å². The van der Waals surface area contributed by atoms with Crippen LogP contribution in [0.3, 0.4) is 0 Å². The van der Waals surface area contributed by atoms with E-state index >= 15 is 0 Å². The molecule has 2 aromatic rings. The third kappa shape index (κ3) is 7.40. The molecule has 12 nitrogen and oxygen atoms in total. The number of amides is 4. The first-order valence-electron chi connectivity index (χ1n) is 14.6. The van der Waals surface area contributed by atoms with E-state index in [0.717, 1.165) is 18.2 Å². The molecule has 4 amide bonds. The number of ketones is 1. The molecular formula is C30H41N5O7. The van der Waals surface area contributed by atoms with Crippen LogP contribution < -0.4 is 20.7 Å². The number of carbonyl (C=O) groups excluding carboxylic acids is 5. The molecule has 12 heteroatoms. The highest BCUT2D eigenvalue weighted by Crippen LogP contribution is 2.26. The number of hydrogen-bond acceptors (Lipinski definition) is 7. The van der Waals surface area contributed by atoms with E-state index in [9.17, 15) is 24.0 Å². The summed E-state index contributed by atoms with van der Waals surface area (Å²) in [5.74, 6) is -1.55. The topological polar surface area (TPSA) is 159 Å². The smallest absolute Gasteiger partial charge is 0.410 e. The molecule has 0 bridgehead atoms. The first-order valence-corrected chi connectivity index (χ1v) is 14.6. The first-order chi connectivity index (χ1) is 20.1. The van der Waals surface area contributed by atoms with Gasteiger partial charge >= 0.3 is 6.09 Å². The van der Waals surface area contributed by atoms with E-state index in [4.69, 9.17) is 9.47 Å². The van der Waals surface area contributed by atoms with Gasteiger partial charge in [-0.2, -0.15) is 0 Å². The third-order valence-corrected chi connectivity index (χ3v) is 7.93. The van der Waals surface area contributed by atoms with Crippen molar-refractivity contribution in [3.8, 4) is 5.75 Å². The normalized spacial score (nSPS) is 19.8. The second-order valence-electron chi connectivity index (χ2n) is 11.5. The monoisotopic (exact) mass is 583 g/mol. The van der Waals surface area contributed by atoms with Gasteiger partial charge in [-0.1, -0.05) is 19.9 Å². The van der Waals surface area contributed by atoms with Crippen LogP contribution in [0.15, 0.2) is 24.3 Å². The van der Waals surface area contributed by atoms with Crippen molar-refractivity contribution in [2.24, 2.45) is 11.8 Å². The van der Waals surface area contributed by atoms with E-state index in [1.165, 1.54) is 0 Å². The second kappa shape index (κ2) is 13.7.